The molecular weight excluding hydrogens is 270 g/mol. The van der Waals surface area contributed by atoms with Gasteiger partial charge in [0, 0.05) is 20.2 Å². The number of furan rings is 1. The van der Waals surface area contributed by atoms with Gasteiger partial charge in [0.15, 0.2) is 0 Å². The van der Waals surface area contributed by atoms with Crippen LogP contribution >= 0.6 is 0 Å². The van der Waals surface area contributed by atoms with E-state index in [4.69, 9.17) is 9.15 Å². The van der Waals surface area contributed by atoms with Gasteiger partial charge >= 0.3 is 0 Å². The molecule has 7 nitrogen and oxygen atoms in total. The first-order valence-corrected chi connectivity index (χ1v) is 6.65. The van der Waals surface area contributed by atoms with Crippen LogP contribution in [0, 0.1) is 0 Å². The first-order chi connectivity index (χ1) is 10.2. The van der Waals surface area contributed by atoms with Gasteiger partial charge in [-0.15, -0.1) is 0 Å². The summed E-state index contributed by atoms with van der Waals surface area (Å²) in [4.78, 5) is 10.6. The van der Waals surface area contributed by atoms with Crippen LogP contribution in [0.2, 0.25) is 0 Å². The smallest absolute Gasteiger partial charge is 0.254 e. The Labute approximate surface area is 122 Å². The molecule has 0 N–H and O–H groups in total. The lowest BCUT2D eigenvalue weighted by Gasteiger charge is -2.25. The molecule has 0 unspecified atom stereocenters. The van der Waals surface area contributed by atoms with Crippen molar-refractivity contribution in [1.29, 1.82) is 0 Å². The van der Waals surface area contributed by atoms with Gasteiger partial charge in [-0.3, -0.25) is 0 Å². The Balaban J connectivity index is 2.03. The predicted molar refractivity (Wildman–Crippen MR) is 77.0 cm³/mol. The second-order valence-electron chi connectivity index (χ2n) is 4.81. The second-order valence-corrected chi connectivity index (χ2v) is 4.81. The summed E-state index contributed by atoms with van der Waals surface area (Å²) in [6.07, 6.45) is 3.17. The van der Waals surface area contributed by atoms with Crippen LogP contribution < -0.4 is 4.90 Å². The highest BCUT2D eigenvalue weighted by molar-refractivity contribution is 5.48. The Morgan fingerprint density at radius 1 is 1.48 bits per heavy atom. The van der Waals surface area contributed by atoms with Gasteiger partial charge in [-0.2, -0.15) is 14.6 Å². The molecule has 3 aromatic heterocycles. The number of rotatable bonds is 5. The van der Waals surface area contributed by atoms with Gasteiger partial charge in [-0.1, -0.05) is 0 Å². The van der Waals surface area contributed by atoms with E-state index in [1.54, 1.807) is 17.9 Å². The SMILES string of the molecule is COCc1cc(N(C)[C@@H](C)c2ccco2)n2ncnc2n1. The average Bonchev–Trinajstić information content (AvgIpc) is 3.16. The number of nitrogens with zero attached hydrogens (tertiary/aromatic N) is 5. The van der Waals surface area contributed by atoms with Crippen molar-refractivity contribution in [2.24, 2.45) is 0 Å². The Morgan fingerprint density at radius 3 is 3.05 bits per heavy atom. The second kappa shape index (κ2) is 5.53. The summed E-state index contributed by atoms with van der Waals surface area (Å²) >= 11 is 0. The van der Waals surface area contributed by atoms with Crippen LogP contribution in [0.1, 0.15) is 24.4 Å². The van der Waals surface area contributed by atoms with E-state index < -0.39 is 0 Å². The number of methoxy groups -OCH3 is 1. The van der Waals surface area contributed by atoms with Crippen molar-refractivity contribution in [2.45, 2.75) is 19.6 Å². The van der Waals surface area contributed by atoms with Gasteiger partial charge in [0.25, 0.3) is 5.78 Å². The van der Waals surface area contributed by atoms with Crippen molar-refractivity contribution in [3.8, 4) is 0 Å². The fraction of sp³-hybridized carbons (Fsp3) is 0.357. The molecule has 3 heterocycles. The quantitative estimate of drug-likeness (QED) is 0.715. The van der Waals surface area contributed by atoms with Crippen molar-refractivity contribution >= 4 is 11.6 Å². The van der Waals surface area contributed by atoms with E-state index in [2.05, 4.69) is 26.9 Å². The number of anilines is 1. The molecule has 7 heteroatoms. The molecule has 0 aliphatic rings. The van der Waals surface area contributed by atoms with Gasteiger partial charge in [0.2, 0.25) is 0 Å². The fourth-order valence-corrected chi connectivity index (χ4v) is 2.24. The lowest BCUT2D eigenvalue weighted by molar-refractivity contribution is 0.181. The molecule has 0 radical (unpaired) electrons. The number of aromatic nitrogens is 4. The van der Waals surface area contributed by atoms with E-state index in [1.807, 2.05) is 25.2 Å². The molecule has 0 aliphatic heterocycles. The van der Waals surface area contributed by atoms with Crippen LogP contribution in [0.3, 0.4) is 0 Å². The Kier molecular flexibility index (Phi) is 3.57. The van der Waals surface area contributed by atoms with E-state index in [-0.39, 0.29) is 6.04 Å². The summed E-state index contributed by atoms with van der Waals surface area (Å²) < 4.78 is 12.4. The lowest BCUT2D eigenvalue weighted by atomic mass is 10.2. The molecule has 0 aromatic carbocycles. The predicted octanol–water partition coefficient (Wildman–Crippen LogP) is 2.06. The Bertz CT molecular complexity index is 722. The molecule has 0 fully saturated rings. The summed E-state index contributed by atoms with van der Waals surface area (Å²) in [6.45, 7) is 2.50. The molecular formula is C14H17N5O2. The monoisotopic (exact) mass is 287 g/mol. The maximum absolute atomic E-state index is 5.48. The Morgan fingerprint density at radius 2 is 2.33 bits per heavy atom. The Hall–Kier alpha value is -2.41. The van der Waals surface area contributed by atoms with Gasteiger partial charge in [0.1, 0.15) is 17.9 Å². The highest BCUT2D eigenvalue weighted by Crippen LogP contribution is 2.26. The maximum Gasteiger partial charge on any atom is 0.254 e. The minimum Gasteiger partial charge on any atom is -0.467 e. The van der Waals surface area contributed by atoms with E-state index in [0.29, 0.717) is 12.4 Å². The van der Waals surface area contributed by atoms with Gasteiger partial charge in [-0.05, 0) is 19.1 Å². The molecule has 3 rings (SSSR count). The number of hydrogen-bond acceptors (Lipinski definition) is 6. The average molecular weight is 287 g/mol. The van der Waals surface area contributed by atoms with E-state index >= 15 is 0 Å². The van der Waals surface area contributed by atoms with Crippen molar-refractivity contribution in [3.63, 3.8) is 0 Å². The molecule has 0 spiro atoms. The third kappa shape index (κ3) is 2.47. The standard InChI is InChI=1S/C14H17N5O2/c1-10(12-5-4-6-21-12)18(2)13-7-11(8-20-3)17-14-15-9-16-19(13)14/h4-7,9-10H,8H2,1-3H3/t10-/m0/s1. The van der Waals surface area contributed by atoms with Crippen LogP contribution in [0.25, 0.3) is 5.78 Å². The largest absolute Gasteiger partial charge is 0.467 e. The van der Waals surface area contributed by atoms with Crippen LogP contribution in [-0.4, -0.2) is 33.7 Å². The summed E-state index contributed by atoms with van der Waals surface area (Å²) in [5.74, 6) is 2.32. The van der Waals surface area contributed by atoms with Gasteiger partial charge in [0.05, 0.1) is 24.6 Å². The van der Waals surface area contributed by atoms with Crippen molar-refractivity contribution < 1.29 is 9.15 Å². The van der Waals surface area contributed by atoms with Crippen LogP contribution in [0.5, 0.6) is 0 Å². The molecule has 21 heavy (non-hydrogen) atoms. The molecule has 110 valence electrons. The number of hydrogen-bond donors (Lipinski definition) is 0. The topological polar surface area (TPSA) is 68.7 Å². The third-order valence-corrected chi connectivity index (χ3v) is 3.48. The highest BCUT2D eigenvalue weighted by atomic mass is 16.5. The van der Waals surface area contributed by atoms with E-state index in [1.165, 1.54) is 6.33 Å². The molecule has 0 saturated carbocycles. The van der Waals surface area contributed by atoms with Gasteiger partial charge in [-0.25, -0.2) is 4.98 Å². The molecule has 0 aliphatic carbocycles. The van der Waals surface area contributed by atoms with Crippen molar-refractivity contribution in [1.82, 2.24) is 19.6 Å². The normalized spacial score (nSPS) is 12.7. The highest BCUT2D eigenvalue weighted by Gasteiger charge is 2.19. The zero-order chi connectivity index (χ0) is 14.8. The minimum absolute atomic E-state index is 0.0604. The van der Waals surface area contributed by atoms with Gasteiger partial charge < -0.3 is 14.1 Å². The van der Waals surface area contributed by atoms with Crippen molar-refractivity contribution in [3.05, 3.63) is 42.2 Å². The first kappa shape index (κ1) is 13.6. The fourth-order valence-electron chi connectivity index (χ4n) is 2.24. The van der Waals surface area contributed by atoms with Crippen LogP contribution in [-0.2, 0) is 11.3 Å². The molecule has 3 aromatic rings. The summed E-state index contributed by atoms with van der Waals surface area (Å²) in [6, 6.07) is 5.85. The molecule has 0 amide bonds. The maximum atomic E-state index is 5.48. The lowest BCUT2D eigenvalue weighted by Crippen LogP contribution is -2.24. The van der Waals surface area contributed by atoms with Crippen LogP contribution in [0.15, 0.2) is 35.2 Å². The minimum atomic E-state index is 0.0604. The van der Waals surface area contributed by atoms with Crippen LogP contribution in [0.4, 0.5) is 5.82 Å². The van der Waals surface area contributed by atoms with Crippen molar-refractivity contribution in [2.75, 3.05) is 19.1 Å². The zero-order valence-corrected chi connectivity index (χ0v) is 12.2. The van der Waals surface area contributed by atoms with E-state index in [0.717, 1.165) is 17.3 Å². The molecule has 1 atom stereocenters. The summed E-state index contributed by atoms with van der Waals surface area (Å²) in [5, 5.41) is 4.23. The molecule has 0 saturated heterocycles. The third-order valence-electron chi connectivity index (χ3n) is 3.48. The molecule has 0 bridgehead atoms. The van der Waals surface area contributed by atoms with E-state index in [9.17, 15) is 0 Å². The summed E-state index contributed by atoms with van der Waals surface area (Å²) in [7, 11) is 3.63. The number of ether oxygens (including phenoxy) is 1. The first-order valence-electron chi connectivity index (χ1n) is 6.65. The summed E-state index contributed by atoms with van der Waals surface area (Å²) in [5.41, 5.74) is 0.812. The zero-order valence-electron chi connectivity index (χ0n) is 12.2. The number of fused-ring (bicyclic) bond motifs is 1.